The van der Waals surface area contributed by atoms with Gasteiger partial charge in [0.25, 0.3) is 0 Å². The Balaban J connectivity index is 2.21. The monoisotopic (exact) mass is 272 g/mol. The number of allylic oxidation sites excluding steroid dienone is 2. The van der Waals surface area contributed by atoms with Crippen molar-refractivity contribution >= 4 is 11.6 Å². The Morgan fingerprint density at radius 2 is 1.85 bits per heavy atom. The third kappa shape index (κ3) is 1.60. The number of ketones is 2. The van der Waals surface area contributed by atoms with E-state index in [-0.39, 0.29) is 35.0 Å². The summed E-state index contributed by atoms with van der Waals surface area (Å²) >= 11 is 0. The van der Waals surface area contributed by atoms with Crippen molar-refractivity contribution in [3.8, 4) is 5.75 Å². The topological polar surface area (TPSA) is 94.8 Å². The molecule has 0 heterocycles. The van der Waals surface area contributed by atoms with Gasteiger partial charge in [-0.05, 0) is 17.7 Å². The highest BCUT2D eigenvalue weighted by molar-refractivity contribution is 6.18. The highest BCUT2D eigenvalue weighted by Gasteiger charge is 2.45. The quantitative estimate of drug-likeness (QED) is 0.718. The molecule has 0 radical (unpaired) electrons. The molecule has 2 aliphatic rings. The molecule has 102 valence electrons. The number of phenolic OH excluding ortho intramolecular Hbond substituents is 1. The lowest BCUT2D eigenvalue weighted by molar-refractivity contribution is 0.0753. The van der Waals surface area contributed by atoms with Crippen molar-refractivity contribution in [3.63, 3.8) is 0 Å². The molecule has 5 nitrogen and oxygen atoms in total. The van der Waals surface area contributed by atoms with Gasteiger partial charge in [-0.3, -0.25) is 9.59 Å². The van der Waals surface area contributed by atoms with E-state index in [1.165, 1.54) is 30.4 Å². The molecule has 0 amide bonds. The van der Waals surface area contributed by atoms with Gasteiger partial charge >= 0.3 is 0 Å². The van der Waals surface area contributed by atoms with Gasteiger partial charge in [0.1, 0.15) is 11.5 Å². The predicted molar refractivity (Wildman–Crippen MR) is 69.6 cm³/mol. The van der Waals surface area contributed by atoms with Crippen molar-refractivity contribution in [1.82, 2.24) is 0 Å². The summed E-state index contributed by atoms with van der Waals surface area (Å²) in [6.45, 7) is -0.318. The summed E-state index contributed by atoms with van der Waals surface area (Å²) in [4.78, 5) is 24.8. The van der Waals surface area contributed by atoms with Crippen LogP contribution in [0.15, 0.2) is 41.7 Å². The Morgan fingerprint density at radius 3 is 2.55 bits per heavy atom. The third-order valence-corrected chi connectivity index (χ3v) is 3.73. The molecule has 0 fully saturated rings. The van der Waals surface area contributed by atoms with E-state index in [2.05, 4.69) is 0 Å². The Hall–Kier alpha value is -2.40. The lowest BCUT2D eigenvalue weighted by Gasteiger charge is -2.31. The summed E-state index contributed by atoms with van der Waals surface area (Å²) in [5.74, 6) is -3.18. The second kappa shape index (κ2) is 4.31. The van der Waals surface area contributed by atoms with Crippen molar-refractivity contribution in [2.24, 2.45) is 11.8 Å². The zero-order valence-electron chi connectivity index (χ0n) is 10.4. The molecule has 1 aromatic rings. The first-order chi connectivity index (χ1) is 9.54. The Kier molecular flexibility index (Phi) is 2.72. The molecular weight excluding hydrogens is 260 g/mol. The zero-order chi connectivity index (χ0) is 14.4. The predicted octanol–water partition coefficient (Wildman–Crippen LogP) is 1.38. The molecule has 20 heavy (non-hydrogen) atoms. The van der Waals surface area contributed by atoms with E-state index in [1.54, 1.807) is 0 Å². The average Bonchev–Trinajstić information content (AvgIpc) is 2.43. The van der Waals surface area contributed by atoms with Gasteiger partial charge in [-0.25, -0.2) is 0 Å². The van der Waals surface area contributed by atoms with E-state index < -0.39 is 17.6 Å². The minimum atomic E-state index is -1.02. The summed E-state index contributed by atoms with van der Waals surface area (Å²) < 4.78 is 0. The third-order valence-electron chi connectivity index (χ3n) is 3.73. The fourth-order valence-corrected chi connectivity index (χ4v) is 2.80. The Morgan fingerprint density at radius 1 is 1.10 bits per heavy atom. The van der Waals surface area contributed by atoms with Crippen LogP contribution in [0.1, 0.15) is 20.7 Å². The van der Waals surface area contributed by atoms with Crippen LogP contribution in [-0.4, -0.2) is 33.5 Å². The smallest absolute Gasteiger partial charge is 0.178 e. The maximum atomic E-state index is 12.4. The number of benzene rings is 1. The molecule has 2 atom stereocenters. The van der Waals surface area contributed by atoms with Crippen molar-refractivity contribution in [2.75, 3.05) is 6.61 Å². The van der Waals surface area contributed by atoms with Crippen LogP contribution < -0.4 is 0 Å². The van der Waals surface area contributed by atoms with Crippen molar-refractivity contribution in [1.29, 1.82) is 0 Å². The number of fused-ring (bicyclic) bond motifs is 2. The number of carbonyl (C=O) groups excluding carboxylic acids is 2. The van der Waals surface area contributed by atoms with E-state index in [4.69, 9.17) is 5.11 Å². The minimum absolute atomic E-state index is 0.0421. The maximum Gasteiger partial charge on any atom is 0.178 e. The first-order valence-electron chi connectivity index (χ1n) is 6.17. The van der Waals surface area contributed by atoms with E-state index in [0.717, 1.165) is 0 Å². The average molecular weight is 272 g/mol. The number of aliphatic hydroxyl groups excluding tert-OH is 2. The number of Topliss-reactive ketones (excluding diaryl/α,β-unsaturated/α-hetero) is 2. The van der Waals surface area contributed by atoms with Gasteiger partial charge in [-0.1, -0.05) is 18.2 Å². The molecule has 5 heteroatoms. The number of hydrogen-bond acceptors (Lipinski definition) is 5. The highest BCUT2D eigenvalue weighted by Crippen LogP contribution is 2.40. The maximum absolute atomic E-state index is 12.4. The highest BCUT2D eigenvalue weighted by atomic mass is 16.3. The molecule has 0 bridgehead atoms. The largest absolute Gasteiger partial charge is 0.511 e. The number of phenols is 1. The van der Waals surface area contributed by atoms with Gasteiger partial charge in [0.15, 0.2) is 11.6 Å². The zero-order valence-corrected chi connectivity index (χ0v) is 10.4. The van der Waals surface area contributed by atoms with Crippen LogP contribution in [0.2, 0.25) is 0 Å². The second-order valence-corrected chi connectivity index (χ2v) is 4.90. The fourth-order valence-electron chi connectivity index (χ4n) is 2.80. The molecule has 0 saturated heterocycles. The number of hydrogen-bond donors (Lipinski definition) is 3. The van der Waals surface area contributed by atoms with Crippen LogP contribution in [0, 0.1) is 11.8 Å². The first-order valence-corrected chi connectivity index (χ1v) is 6.17. The van der Waals surface area contributed by atoms with E-state index >= 15 is 0 Å². The molecule has 3 N–H and O–H groups in total. The van der Waals surface area contributed by atoms with Crippen molar-refractivity contribution < 1.29 is 24.9 Å². The number of carbonyl (C=O) groups is 2. The van der Waals surface area contributed by atoms with E-state index in [1.807, 2.05) is 0 Å². The molecule has 0 aliphatic heterocycles. The van der Waals surface area contributed by atoms with Crippen LogP contribution in [-0.2, 0) is 0 Å². The minimum Gasteiger partial charge on any atom is -0.511 e. The standard InChI is InChI=1S/C15H12O5/c16-6-7-4-9-13(11(18)5-7)15(20)12-8(14(9)19)2-1-3-10(12)17/h1-5,9,13,16-18H,6H2. The lowest BCUT2D eigenvalue weighted by atomic mass is 9.70. The SMILES string of the molecule is O=C1c2cccc(O)c2C(=O)C2C(O)=CC(CO)=CC12. The van der Waals surface area contributed by atoms with Crippen LogP contribution in [0.5, 0.6) is 5.75 Å². The van der Waals surface area contributed by atoms with Gasteiger partial charge < -0.3 is 15.3 Å². The van der Waals surface area contributed by atoms with Crippen LogP contribution in [0.4, 0.5) is 0 Å². The van der Waals surface area contributed by atoms with Crippen molar-refractivity contribution in [3.05, 3.63) is 52.8 Å². The van der Waals surface area contributed by atoms with Gasteiger partial charge in [0.2, 0.25) is 0 Å². The molecule has 2 aliphatic carbocycles. The van der Waals surface area contributed by atoms with Crippen LogP contribution in [0.3, 0.4) is 0 Å². The summed E-state index contributed by atoms with van der Waals surface area (Å²) in [6, 6.07) is 4.31. The summed E-state index contributed by atoms with van der Waals surface area (Å²) in [6.07, 6.45) is 2.79. The lowest BCUT2D eigenvalue weighted by Crippen LogP contribution is -2.38. The summed E-state index contributed by atoms with van der Waals surface area (Å²) in [5.41, 5.74) is 0.507. The van der Waals surface area contributed by atoms with Crippen LogP contribution in [0.25, 0.3) is 0 Å². The molecule has 0 saturated carbocycles. The van der Waals surface area contributed by atoms with Gasteiger partial charge in [0.05, 0.1) is 24.0 Å². The first kappa shape index (κ1) is 12.6. The van der Waals surface area contributed by atoms with E-state index in [0.29, 0.717) is 5.57 Å². The molecule has 1 aromatic carbocycles. The number of aliphatic hydroxyl groups is 2. The summed E-state index contributed by atoms with van der Waals surface area (Å²) in [5, 5.41) is 28.9. The number of rotatable bonds is 1. The number of aromatic hydroxyl groups is 1. The Labute approximate surface area is 114 Å². The van der Waals surface area contributed by atoms with E-state index in [9.17, 15) is 19.8 Å². The summed E-state index contributed by atoms with van der Waals surface area (Å²) in [7, 11) is 0. The molecular formula is C15H12O5. The van der Waals surface area contributed by atoms with Crippen LogP contribution >= 0.6 is 0 Å². The van der Waals surface area contributed by atoms with Crippen molar-refractivity contribution in [2.45, 2.75) is 0 Å². The Bertz CT molecular complexity index is 684. The molecule has 0 spiro atoms. The molecule has 3 rings (SSSR count). The fraction of sp³-hybridized carbons (Fsp3) is 0.200. The van der Waals surface area contributed by atoms with Gasteiger partial charge in [-0.15, -0.1) is 0 Å². The normalized spacial score (nSPS) is 24.6. The second-order valence-electron chi connectivity index (χ2n) is 4.90. The molecule has 0 aromatic heterocycles. The van der Waals surface area contributed by atoms with Gasteiger partial charge in [-0.2, -0.15) is 0 Å². The van der Waals surface area contributed by atoms with Gasteiger partial charge in [0, 0.05) is 5.56 Å². The molecule has 2 unspecified atom stereocenters.